The molecule has 3 N–H and O–H groups in total. The van der Waals surface area contributed by atoms with Gasteiger partial charge in [-0.25, -0.2) is 48.9 Å². The number of H-pyrrole nitrogens is 3. The predicted molar refractivity (Wildman–Crippen MR) is 176 cm³/mol. The van der Waals surface area contributed by atoms with Crippen LogP contribution in [0.2, 0.25) is 0 Å². The number of nitrogens with zero attached hydrogens (tertiary/aromatic N) is 1. The van der Waals surface area contributed by atoms with Gasteiger partial charge < -0.3 is 15.0 Å². The van der Waals surface area contributed by atoms with Gasteiger partial charge in [-0.1, -0.05) is 29.8 Å². The Morgan fingerprint density at radius 1 is 0.346 bits per heavy atom. The summed E-state index contributed by atoms with van der Waals surface area (Å²) in [4.78, 5) is 13.3. The molecule has 0 radical (unpaired) electrons. The lowest BCUT2D eigenvalue weighted by molar-refractivity contribution is 0.381. The summed E-state index contributed by atoms with van der Waals surface area (Å²) in [7, 11) is 0. The van der Waals surface area contributed by atoms with Crippen LogP contribution < -0.4 is 0 Å². The second-order valence-electron chi connectivity index (χ2n) is 12.0. The van der Waals surface area contributed by atoms with E-state index in [0.29, 0.717) is 11.1 Å². The lowest BCUT2D eigenvalue weighted by atomic mass is 10.0. The van der Waals surface area contributed by atoms with Gasteiger partial charge in [0.05, 0.1) is 33.5 Å². The van der Waals surface area contributed by atoms with Gasteiger partial charge in [0.1, 0.15) is 0 Å². The van der Waals surface area contributed by atoms with Crippen molar-refractivity contribution in [1.29, 1.82) is 0 Å². The standard InChI is InChI=1S/C38H18F10N4/c1-14-2-4-15(5-3-14)24-18-10-12-22(51-18)25(27-29(39)33(43)37(47)34(44)30(27)40)20-8-6-16(49-20)17-7-9-21(50-17)26(23-13-11-19(24)52-23)28-31(41)35(45)38(48)36(46)32(28)42/h2-13,49-51H,1H3. The van der Waals surface area contributed by atoms with Gasteiger partial charge in [0.25, 0.3) is 0 Å². The van der Waals surface area contributed by atoms with Crippen molar-refractivity contribution in [3.8, 4) is 33.4 Å². The summed E-state index contributed by atoms with van der Waals surface area (Å²) in [6.07, 6.45) is 2.74. The van der Waals surface area contributed by atoms with Crippen LogP contribution in [0.1, 0.15) is 17.0 Å². The van der Waals surface area contributed by atoms with Crippen molar-refractivity contribution in [2.45, 2.75) is 6.92 Å². The maximum atomic E-state index is 15.5. The van der Waals surface area contributed by atoms with E-state index in [1.165, 1.54) is 48.6 Å². The van der Waals surface area contributed by atoms with Gasteiger partial charge in [0, 0.05) is 38.8 Å². The zero-order chi connectivity index (χ0) is 36.7. The summed E-state index contributed by atoms with van der Waals surface area (Å²) >= 11 is 0. The maximum Gasteiger partial charge on any atom is 0.200 e. The molecule has 0 spiro atoms. The Hall–Kier alpha value is -6.31. The molecule has 0 unspecified atom stereocenters. The summed E-state index contributed by atoms with van der Waals surface area (Å²) in [5.41, 5.74) is -1.71. The van der Waals surface area contributed by atoms with E-state index >= 15 is 17.6 Å². The van der Waals surface area contributed by atoms with E-state index in [9.17, 15) is 26.3 Å². The number of nitrogens with one attached hydrogen (secondary N) is 3. The summed E-state index contributed by atoms with van der Waals surface area (Å²) in [5, 5.41) is 0. The Balaban J connectivity index is 1.60. The number of aromatic nitrogens is 4. The van der Waals surface area contributed by atoms with E-state index in [4.69, 9.17) is 0 Å². The molecule has 14 heteroatoms. The first-order valence-corrected chi connectivity index (χ1v) is 15.3. The van der Waals surface area contributed by atoms with Crippen molar-refractivity contribution < 1.29 is 43.9 Å². The van der Waals surface area contributed by atoms with Crippen LogP contribution in [0, 0.1) is 65.1 Å². The van der Waals surface area contributed by atoms with Gasteiger partial charge in [-0.2, -0.15) is 0 Å². The van der Waals surface area contributed by atoms with E-state index in [1.54, 1.807) is 24.3 Å². The summed E-state index contributed by atoms with van der Waals surface area (Å²) in [6, 6.07) is 15.1. The van der Waals surface area contributed by atoms with Crippen molar-refractivity contribution in [2.24, 2.45) is 0 Å². The zero-order valence-corrected chi connectivity index (χ0v) is 26.2. The second kappa shape index (κ2) is 11.9. The molecule has 3 aromatic carbocycles. The van der Waals surface area contributed by atoms with Crippen LogP contribution in [0.3, 0.4) is 0 Å². The minimum Gasteiger partial charge on any atom is -0.354 e. The molecule has 0 atom stereocenters. The molecule has 7 aromatic rings. The van der Waals surface area contributed by atoms with E-state index in [2.05, 4.69) is 19.9 Å². The first-order valence-electron chi connectivity index (χ1n) is 15.3. The van der Waals surface area contributed by atoms with Gasteiger partial charge in [-0.05, 0) is 61.0 Å². The monoisotopic (exact) mass is 720 g/mol. The molecule has 0 amide bonds. The molecule has 52 heavy (non-hydrogen) atoms. The molecule has 8 bridgehead atoms. The third kappa shape index (κ3) is 4.88. The minimum absolute atomic E-state index is 0.0845. The molecule has 0 saturated heterocycles. The third-order valence-corrected chi connectivity index (χ3v) is 8.84. The fraction of sp³-hybridized carbons (Fsp3) is 0.0263. The average molecular weight is 721 g/mol. The summed E-state index contributed by atoms with van der Waals surface area (Å²) in [6.45, 7) is 1.82. The van der Waals surface area contributed by atoms with E-state index in [0.717, 1.165) is 5.56 Å². The Bertz CT molecular complexity index is 2750. The molecule has 4 nitrogen and oxygen atoms in total. The summed E-state index contributed by atoms with van der Waals surface area (Å²) in [5.74, 6) is -21.8. The highest BCUT2D eigenvalue weighted by Crippen LogP contribution is 2.40. The van der Waals surface area contributed by atoms with Crippen molar-refractivity contribution >= 4 is 45.3 Å². The Morgan fingerprint density at radius 2 is 0.673 bits per heavy atom. The molecular weight excluding hydrogens is 702 g/mol. The van der Waals surface area contributed by atoms with Gasteiger partial charge in [0.15, 0.2) is 46.5 Å². The van der Waals surface area contributed by atoms with Crippen LogP contribution in [-0.4, -0.2) is 19.9 Å². The normalized spacial score (nSPS) is 12.1. The van der Waals surface area contributed by atoms with Crippen molar-refractivity contribution in [3.05, 3.63) is 136 Å². The number of halogens is 10. The Kier molecular flexibility index (Phi) is 7.52. The van der Waals surface area contributed by atoms with Crippen molar-refractivity contribution in [2.75, 3.05) is 0 Å². The molecule has 0 aliphatic carbocycles. The lowest BCUT2D eigenvalue weighted by Crippen LogP contribution is -2.05. The van der Waals surface area contributed by atoms with E-state index in [1.807, 2.05) is 6.92 Å². The fourth-order valence-electron chi connectivity index (χ4n) is 6.35. The van der Waals surface area contributed by atoms with Crippen molar-refractivity contribution in [3.63, 3.8) is 0 Å². The van der Waals surface area contributed by atoms with Crippen molar-refractivity contribution in [1.82, 2.24) is 19.9 Å². The van der Waals surface area contributed by atoms with Crippen LogP contribution >= 0.6 is 0 Å². The van der Waals surface area contributed by atoms with Crippen LogP contribution in [0.25, 0.3) is 78.6 Å². The highest BCUT2D eigenvalue weighted by molar-refractivity contribution is 6.00. The number of aromatic amines is 3. The van der Waals surface area contributed by atoms with Crippen LogP contribution in [-0.2, 0) is 0 Å². The van der Waals surface area contributed by atoms with Crippen LogP contribution in [0.5, 0.6) is 0 Å². The number of fused-ring (bicyclic) bond motifs is 9. The van der Waals surface area contributed by atoms with E-state index in [-0.39, 0.29) is 44.5 Å². The molecule has 5 heterocycles. The first-order chi connectivity index (χ1) is 24.8. The molecule has 8 rings (SSSR count). The largest absolute Gasteiger partial charge is 0.354 e. The van der Waals surface area contributed by atoms with Gasteiger partial charge in [0.2, 0.25) is 11.6 Å². The lowest BCUT2D eigenvalue weighted by Gasteiger charge is -2.10. The molecule has 1 aliphatic rings. The number of rotatable bonds is 3. The number of hydrogen-bond acceptors (Lipinski definition) is 1. The topological polar surface area (TPSA) is 60.3 Å². The summed E-state index contributed by atoms with van der Waals surface area (Å²) < 4.78 is 149. The highest BCUT2D eigenvalue weighted by atomic mass is 19.2. The Morgan fingerprint density at radius 3 is 1.13 bits per heavy atom. The smallest absolute Gasteiger partial charge is 0.200 e. The van der Waals surface area contributed by atoms with Gasteiger partial charge in [-0.15, -0.1) is 0 Å². The SMILES string of the molecule is Cc1ccc(-c2c3nc(c(-c4c(F)c(F)c(F)c(F)c4F)c4ccc([nH]4)c4ccc([nH]4)c(-c4c(F)c(F)c(F)c(F)c4F)c4ccc2[nH]4)C=C3)cc1. The molecule has 0 saturated carbocycles. The number of hydrogen-bond donors (Lipinski definition) is 3. The Labute approximate surface area is 285 Å². The number of benzene rings is 3. The molecular formula is C38H18F10N4. The predicted octanol–water partition coefficient (Wildman–Crippen LogP) is 11.4. The highest BCUT2D eigenvalue weighted by Gasteiger charge is 2.31. The second-order valence-corrected chi connectivity index (χ2v) is 12.0. The molecule has 260 valence electrons. The molecule has 0 fully saturated rings. The zero-order valence-electron chi connectivity index (χ0n) is 26.2. The maximum absolute atomic E-state index is 15.5. The third-order valence-electron chi connectivity index (χ3n) is 8.84. The van der Waals surface area contributed by atoms with E-state index < -0.39 is 80.4 Å². The average Bonchev–Trinajstić information content (AvgIpc) is 3.97. The van der Waals surface area contributed by atoms with Crippen LogP contribution in [0.15, 0.2) is 60.7 Å². The first kappa shape index (κ1) is 32.9. The number of aryl methyl sites for hydroxylation is 1. The minimum atomic E-state index is -2.35. The molecule has 1 aliphatic heterocycles. The quantitative estimate of drug-likeness (QED) is 0.0950. The molecule has 4 aromatic heterocycles. The van der Waals surface area contributed by atoms with Gasteiger partial charge in [-0.3, -0.25) is 0 Å². The van der Waals surface area contributed by atoms with Crippen LogP contribution in [0.4, 0.5) is 43.9 Å². The fourth-order valence-corrected chi connectivity index (χ4v) is 6.35. The van der Waals surface area contributed by atoms with Gasteiger partial charge >= 0.3 is 0 Å².